The van der Waals surface area contributed by atoms with Crippen LogP contribution >= 0.6 is 0 Å². The van der Waals surface area contributed by atoms with E-state index in [9.17, 15) is 4.79 Å². The molecule has 0 heterocycles. The Bertz CT molecular complexity index is 614. The van der Waals surface area contributed by atoms with E-state index in [1.54, 1.807) is 0 Å². The molecule has 0 unspecified atom stereocenters. The van der Waals surface area contributed by atoms with Crippen molar-refractivity contribution in [1.82, 2.24) is 0 Å². The average Bonchev–Trinajstić information content (AvgIpc) is 2.76. The monoisotopic (exact) mass is 238 g/mol. The van der Waals surface area contributed by atoms with Crippen molar-refractivity contribution in [2.24, 2.45) is 0 Å². The first-order chi connectivity index (χ1) is 8.79. The number of rotatable bonds is 2. The highest BCUT2D eigenvalue weighted by Crippen LogP contribution is 2.36. The van der Waals surface area contributed by atoms with E-state index in [2.05, 4.69) is 18.2 Å². The van der Waals surface area contributed by atoms with Crippen LogP contribution in [0.15, 0.2) is 42.5 Å². The van der Waals surface area contributed by atoms with Gasteiger partial charge in [0.2, 0.25) is 0 Å². The highest BCUT2D eigenvalue weighted by molar-refractivity contribution is 5.91. The van der Waals surface area contributed by atoms with E-state index >= 15 is 0 Å². The average molecular weight is 238 g/mol. The summed E-state index contributed by atoms with van der Waals surface area (Å²) < 4.78 is 5.03. The molecule has 18 heavy (non-hydrogen) atoms. The summed E-state index contributed by atoms with van der Waals surface area (Å²) in [6.45, 7) is 2.23. The Morgan fingerprint density at radius 2 is 1.89 bits per heavy atom. The molecule has 0 atom stereocenters. The minimum atomic E-state index is -0.240. The van der Waals surface area contributed by atoms with E-state index in [4.69, 9.17) is 4.74 Å². The number of benzene rings is 2. The largest absolute Gasteiger partial charge is 0.462 e. The highest BCUT2D eigenvalue weighted by atomic mass is 16.5. The molecule has 1 aliphatic carbocycles. The van der Waals surface area contributed by atoms with Crippen LogP contribution in [0.3, 0.4) is 0 Å². The summed E-state index contributed by atoms with van der Waals surface area (Å²) in [6.07, 6.45) is 0.902. The standard InChI is InChI=1S/C16H14O2/c1-2-18-16(17)12-7-8-15-13(10-12)9-11-5-3-4-6-14(11)15/h3-8,10H,2,9H2,1H3. The van der Waals surface area contributed by atoms with Crippen LogP contribution in [-0.2, 0) is 11.2 Å². The fourth-order valence-corrected chi connectivity index (χ4v) is 2.49. The van der Waals surface area contributed by atoms with Gasteiger partial charge in [0.1, 0.15) is 0 Å². The number of esters is 1. The third-order valence-corrected chi connectivity index (χ3v) is 3.30. The molecule has 0 radical (unpaired) electrons. The first-order valence-electron chi connectivity index (χ1n) is 6.18. The second-order valence-electron chi connectivity index (χ2n) is 4.43. The second kappa shape index (κ2) is 4.30. The van der Waals surface area contributed by atoms with Gasteiger partial charge in [-0.1, -0.05) is 30.3 Å². The molecule has 0 aliphatic heterocycles. The van der Waals surface area contributed by atoms with Gasteiger partial charge < -0.3 is 4.74 Å². The number of hydrogen-bond acceptors (Lipinski definition) is 2. The van der Waals surface area contributed by atoms with Crippen LogP contribution in [0.1, 0.15) is 28.4 Å². The van der Waals surface area contributed by atoms with Gasteiger partial charge in [0.25, 0.3) is 0 Å². The molecular weight excluding hydrogens is 224 g/mol. The lowest BCUT2D eigenvalue weighted by atomic mass is 10.0. The van der Waals surface area contributed by atoms with E-state index in [1.807, 2.05) is 31.2 Å². The van der Waals surface area contributed by atoms with Crippen molar-refractivity contribution < 1.29 is 9.53 Å². The lowest BCUT2D eigenvalue weighted by molar-refractivity contribution is 0.0526. The maximum atomic E-state index is 11.7. The maximum Gasteiger partial charge on any atom is 0.338 e. The van der Waals surface area contributed by atoms with E-state index in [1.165, 1.54) is 22.3 Å². The normalized spacial score (nSPS) is 11.8. The Kier molecular flexibility index (Phi) is 2.63. The van der Waals surface area contributed by atoms with Gasteiger partial charge >= 0.3 is 5.97 Å². The second-order valence-corrected chi connectivity index (χ2v) is 4.43. The number of carbonyl (C=O) groups excluding carboxylic acids is 1. The predicted molar refractivity (Wildman–Crippen MR) is 70.6 cm³/mol. The first kappa shape index (κ1) is 11.0. The zero-order valence-electron chi connectivity index (χ0n) is 10.3. The van der Waals surface area contributed by atoms with Crippen LogP contribution in [0.4, 0.5) is 0 Å². The molecule has 0 saturated heterocycles. The molecule has 0 aromatic heterocycles. The minimum absolute atomic E-state index is 0.240. The summed E-state index contributed by atoms with van der Waals surface area (Å²) in [5, 5.41) is 0. The third-order valence-electron chi connectivity index (χ3n) is 3.30. The number of fused-ring (bicyclic) bond motifs is 3. The van der Waals surface area contributed by atoms with E-state index in [-0.39, 0.29) is 5.97 Å². The highest BCUT2D eigenvalue weighted by Gasteiger charge is 2.19. The topological polar surface area (TPSA) is 26.3 Å². The van der Waals surface area contributed by atoms with Gasteiger partial charge in [-0.3, -0.25) is 0 Å². The quantitative estimate of drug-likeness (QED) is 0.639. The molecule has 3 rings (SSSR count). The van der Waals surface area contributed by atoms with Gasteiger partial charge in [-0.25, -0.2) is 4.79 Å². The Morgan fingerprint density at radius 1 is 1.11 bits per heavy atom. The Labute approximate surface area is 106 Å². The van der Waals surface area contributed by atoms with Crippen molar-refractivity contribution in [1.29, 1.82) is 0 Å². The Balaban J connectivity index is 2.01. The van der Waals surface area contributed by atoms with Gasteiger partial charge in [0, 0.05) is 0 Å². The summed E-state index contributed by atoms with van der Waals surface area (Å²) in [5.41, 5.74) is 5.69. The van der Waals surface area contributed by atoms with E-state index in [0.717, 1.165) is 6.42 Å². The molecule has 0 saturated carbocycles. The summed E-state index contributed by atoms with van der Waals surface area (Å²) in [5.74, 6) is -0.240. The number of hydrogen-bond donors (Lipinski definition) is 0. The van der Waals surface area contributed by atoms with Crippen LogP contribution in [-0.4, -0.2) is 12.6 Å². The molecule has 0 amide bonds. The number of carbonyl (C=O) groups is 1. The third kappa shape index (κ3) is 1.70. The summed E-state index contributed by atoms with van der Waals surface area (Å²) in [7, 11) is 0. The smallest absolute Gasteiger partial charge is 0.338 e. The SMILES string of the molecule is CCOC(=O)c1ccc2c(c1)Cc1ccccc1-2. The first-order valence-corrected chi connectivity index (χ1v) is 6.18. The lowest BCUT2D eigenvalue weighted by Crippen LogP contribution is -2.04. The molecule has 0 N–H and O–H groups in total. The van der Waals surface area contributed by atoms with Gasteiger partial charge in [-0.15, -0.1) is 0 Å². The van der Waals surface area contributed by atoms with Crippen molar-refractivity contribution in [3.05, 3.63) is 59.2 Å². The zero-order valence-corrected chi connectivity index (χ0v) is 10.3. The van der Waals surface area contributed by atoms with Gasteiger partial charge in [0.15, 0.2) is 0 Å². The van der Waals surface area contributed by atoms with Crippen molar-refractivity contribution in [2.75, 3.05) is 6.61 Å². The molecule has 1 aliphatic rings. The zero-order chi connectivity index (χ0) is 12.5. The van der Waals surface area contributed by atoms with Crippen LogP contribution in [0.25, 0.3) is 11.1 Å². The van der Waals surface area contributed by atoms with Crippen molar-refractivity contribution >= 4 is 5.97 Å². The van der Waals surface area contributed by atoms with Crippen LogP contribution in [0.5, 0.6) is 0 Å². The molecule has 2 nitrogen and oxygen atoms in total. The molecule has 0 bridgehead atoms. The van der Waals surface area contributed by atoms with Crippen LogP contribution < -0.4 is 0 Å². The minimum Gasteiger partial charge on any atom is -0.462 e. The summed E-state index contributed by atoms with van der Waals surface area (Å²) in [6, 6.07) is 14.2. The molecule has 0 fully saturated rings. The summed E-state index contributed by atoms with van der Waals surface area (Å²) >= 11 is 0. The van der Waals surface area contributed by atoms with Gasteiger partial charge in [-0.2, -0.15) is 0 Å². The fraction of sp³-hybridized carbons (Fsp3) is 0.188. The molecular formula is C16H14O2. The Hall–Kier alpha value is -2.09. The molecule has 2 heteroatoms. The number of ether oxygens (including phenoxy) is 1. The predicted octanol–water partition coefficient (Wildman–Crippen LogP) is 3.43. The van der Waals surface area contributed by atoms with Crippen LogP contribution in [0.2, 0.25) is 0 Å². The molecule has 2 aromatic carbocycles. The molecule has 0 spiro atoms. The molecule has 2 aromatic rings. The van der Waals surface area contributed by atoms with Crippen LogP contribution in [0, 0.1) is 0 Å². The van der Waals surface area contributed by atoms with Gasteiger partial charge in [-0.05, 0) is 47.7 Å². The van der Waals surface area contributed by atoms with E-state index < -0.39 is 0 Å². The van der Waals surface area contributed by atoms with Gasteiger partial charge in [0.05, 0.1) is 12.2 Å². The Morgan fingerprint density at radius 3 is 2.72 bits per heavy atom. The van der Waals surface area contributed by atoms with E-state index in [0.29, 0.717) is 12.2 Å². The maximum absolute atomic E-state index is 11.7. The van der Waals surface area contributed by atoms with Crippen molar-refractivity contribution in [3.63, 3.8) is 0 Å². The van der Waals surface area contributed by atoms with Crippen molar-refractivity contribution in [3.8, 4) is 11.1 Å². The molecule has 90 valence electrons. The van der Waals surface area contributed by atoms with Crippen molar-refractivity contribution in [2.45, 2.75) is 13.3 Å². The fourth-order valence-electron chi connectivity index (χ4n) is 2.49. The summed E-state index contributed by atoms with van der Waals surface area (Å²) in [4.78, 5) is 11.7. The lowest BCUT2D eigenvalue weighted by Gasteiger charge is -2.04.